The molecule has 0 bridgehead atoms. The molecule has 0 saturated heterocycles. The molecule has 0 fully saturated rings. The van der Waals surface area contributed by atoms with Gasteiger partial charge in [-0.25, -0.2) is 9.78 Å². The first-order valence-electron chi connectivity index (χ1n) is 6.96. The third-order valence-electron chi connectivity index (χ3n) is 3.18. The Morgan fingerprint density at radius 1 is 1.17 bits per heavy atom. The van der Waals surface area contributed by atoms with Crippen molar-refractivity contribution in [3.05, 3.63) is 71.5 Å². The summed E-state index contributed by atoms with van der Waals surface area (Å²) in [6.45, 7) is 2.04. The van der Waals surface area contributed by atoms with E-state index in [0.29, 0.717) is 0 Å². The van der Waals surface area contributed by atoms with E-state index in [9.17, 15) is 4.79 Å². The zero-order chi connectivity index (χ0) is 16.2. The van der Waals surface area contributed by atoms with Crippen molar-refractivity contribution < 1.29 is 30.0 Å². The van der Waals surface area contributed by atoms with E-state index in [1.807, 2.05) is 19.1 Å². The maximum Gasteiger partial charge on any atom is 0.354 e. The van der Waals surface area contributed by atoms with Gasteiger partial charge in [0.05, 0.1) is 5.01 Å². The summed E-state index contributed by atoms with van der Waals surface area (Å²) in [7, 11) is 0. The molecule has 0 spiro atoms. The van der Waals surface area contributed by atoms with Crippen molar-refractivity contribution in [3.63, 3.8) is 0 Å². The van der Waals surface area contributed by atoms with Crippen LogP contribution in [0.4, 0.5) is 0 Å². The van der Waals surface area contributed by atoms with Gasteiger partial charge in [-0.15, -0.1) is 46.4 Å². The minimum atomic E-state index is -0.990. The Bertz CT molecular complexity index is 971. The number of hydrogen-bond donors (Lipinski definition) is 1. The van der Waals surface area contributed by atoms with Crippen LogP contribution in [0.15, 0.2) is 54.7 Å². The molecule has 1 radical (unpaired) electrons. The maximum atomic E-state index is 10.1. The summed E-state index contributed by atoms with van der Waals surface area (Å²) in [5, 5.41) is 11.8. The van der Waals surface area contributed by atoms with Crippen LogP contribution in [0.2, 0.25) is 0 Å². The van der Waals surface area contributed by atoms with Gasteiger partial charge in [0, 0.05) is 36.5 Å². The Balaban J connectivity index is 0.000000183. The standard InChI is InChI=1S/C12H8NS.C6H5NO2.Ir/c1-8-13-12-10-5-3-2-4-9(10)6-7-11(12)14-8;8-6(9)5-3-1-2-4-7-5;/h2-4,6-7H,1H3;1-4H,(H,8,9);/q-1;;. The van der Waals surface area contributed by atoms with Gasteiger partial charge in [-0.2, -0.15) is 0 Å². The number of rotatable bonds is 1. The van der Waals surface area contributed by atoms with E-state index < -0.39 is 5.97 Å². The molecule has 1 N–H and O–H groups in total. The van der Waals surface area contributed by atoms with E-state index in [1.54, 1.807) is 23.5 Å². The quantitative estimate of drug-likeness (QED) is 0.385. The SMILES string of the molecule is Cc1nc2c(ccc3ccc[c-]c32)s1.O=C(O)c1ccccn1.[Ir]. The van der Waals surface area contributed by atoms with Gasteiger partial charge in [0.15, 0.2) is 0 Å². The van der Waals surface area contributed by atoms with Crippen molar-refractivity contribution in [3.8, 4) is 0 Å². The van der Waals surface area contributed by atoms with Gasteiger partial charge in [0.25, 0.3) is 0 Å². The Hall–Kier alpha value is -2.14. The number of carboxylic acid groups (broad SMARTS) is 1. The summed E-state index contributed by atoms with van der Waals surface area (Å²) in [5.74, 6) is -0.990. The maximum absolute atomic E-state index is 10.1. The number of thiazole rings is 1. The third kappa shape index (κ3) is 4.03. The van der Waals surface area contributed by atoms with Gasteiger partial charge >= 0.3 is 5.97 Å². The van der Waals surface area contributed by atoms with Gasteiger partial charge in [-0.1, -0.05) is 18.2 Å². The van der Waals surface area contributed by atoms with Crippen molar-refractivity contribution in [2.24, 2.45) is 0 Å². The van der Waals surface area contributed by atoms with Crippen LogP contribution in [0.1, 0.15) is 15.5 Å². The number of fused-ring (bicyclic) bond motifs is 3. The molecule has 2 aromatic carbocycles. The fourth-order valence-corrected chi connectivity index (χ4v) is 3.02. The number of aromatic nitrogens is 2. The number of aryl methyl sites for hydroxylation is 1. The molecule has 0 aliphatic heterocycles. The largest absolute Gasteiger partial charge is 0.477 e. The zero-order valence-electron chi connectivity index (χ0n) is 12.7. The molecule has 6 heteroatoms. The van der Waals surface area contributed by atoms with Crippen LogP contribution in [-0.2, 0) is 20.1 Å². The zero-order valence-corrected chi connectivity index (χ0v) is 15.9. The Kier molecular flexibility index (Phi) is 6.15. The molecule has 24 heavy (non-hydrogen) atoms. The topological polar surface area (TPSA) is 63.1 Å². The molecule has 0 unspecified atom stereocenters. The fraction of sp³-hybridized carbons (Fsp3) is 0.0556. The van der Waals surface area contributed by atoms with E-state index in [-0.39, 0.29) is 25.8 Å². The Morgan fingerprint density at radius 3 is 2.67 bits per heavy atom. The molecule has 0 atom stereocenters. The second-order valence-corrected chi connectivity index (χ2v) is 6.03. The number of pyridine rings is 1. The first-order chi connectivity index (χ1) is 11.1. The Morgan fingerprint density at radius 2 is 2.00 bits per heavy atom. The van der Waals surface area contributed by atoms with Crippen LogP contribution in [-0.4, -0.2) is 21.0 Å². The molecule has 0 aliphatic rings. The second-order valence-electron chi connectivity index (χ2n) is 4.80. The van der Waals surface area contributed by atoms with Crippen molar-refractivity contribution in [1.29, 1.82) is 0 Å². The third-order valence-corrected chi connectivity index (χ3v) is 4.12. The molecule has 0 aliphatic carbocycles. The predicted octanol–water partition coefficient (Wildman–Crippen LogP) is 4.34. The van der Waals surface area contributed by atoms with Gasteiger partial charge in [0.2, 0.25) is 0 Å². The molecule has 4 aromatic rings. The fourth-order valence-electron chi connectivity index (χ4n) is 2.18. The Labute approximate surface area is 156 Å². The first-order valence-corrected chi connectivity index (χ1v) is 7.77. The number of carbonyl (C=O) groups is 1. The number of hydrogen-bond acceptors (Lipinski definition) is 4. The van der Waals surface area contributed by atoms with Crippen LogP contribution in [0.5, 0.6) is 0 Å². The monoisotopic (exact) mass is 514 g/mol. The smallest absolute Gasteiger partial charge is 0.354 e. The molecule has 0 saturated carbocycles. The molecular formula is C18H13IrN2O2S-. The van der Waals surface area contributed by atoms with Crippen molar-refractivity contribution in [1.82, 2.24) is 9.97 Å². The average molecular weight is 514 g/mol. The summed E-state index contributed by atoms with van der Waals surface area (Å²) < 4.78 is 1.25. The minimum absolute atomic E-state index is 0. The van der Waals surface area contributed by atoms with Crippen LogP contribution < -0.4 is 0 Å². The first kappa shape index (κ1) is 18.2. The second kappa shape index (κ2) is 8.11. The van der Waals surface area contributed by atoms with Crippen LogP contribution in [0.3, 0.4) is 0 Å². The minimum Gasteiger partial charge on any atom is -0.477 e. The number of aromatic carboxylic acids is 1. The summed E-state index contributed by atoms with van der Waals surface area (Å²) in [5.41, 5.74) is 1.17. The summed E-state index contributed by atoms with van der Waals surface area (Å²) in [6, 6.07) is 18.3. The summed E-state index contributed by atoms with van der Waals surface area (Å²) >= 11 is 1.74. The van der Waals surface area contributed by atoms with Gasteiger partial charge < -0.3 is 5.11 Å². The van der Waals surface area contributed by atoms with Crippen LogP contribution >= 0.6 is 11.3 Å². The van der Waals surface area contributed by atoms with Crippen molar-refractivity contribution >= 4 is 38.3 Å². The molecule has 2 aromatic heterocycles. The number of nitrogens with zero attached hydrogens (tertiary/aromatic N) is 2. The van der Waals surface area contributed by atoms with E-state index in [2.05, 4.69) is 34.2 Å². The van der Waals surface area contributed by atoms with E-state index >= 15 is 0 Å². The molecule has 4 rings (SSSR count). The van der Waals surface area contributed by atoms with Crippen molar-refractivity contribution in [2.75, 3.05) is 0 Å². The van der Waals surface area contributed by atoms with Gasteiger partial charge in [0.1, 0.15) is 5.69 Å². The van der Waals surface area contributed by atoms with Crippen LogP contribution in [0, 0.1) is 13.0 Å². The van der Waals surface area contributed by atoms with Crippen LogP contribution in [0.25, 0.3) is 21.0 Å². The normalized spacial score (nSPS) is 9.88. The van der Waals surface area contributed by atoms with E-state index in [4.69, 9.17) is 5.11 Å². The van der Waals surface area contributed by atoms with E-state index in [1.165, 1.54) is 22.3 Å². The average Bonchev–Trinajstić information content (AvgIpc) is 2.97. The van der Waals surface area contributed by atoms with E-state index in [0.717, 1.165) is 15.9 Å². The molecule has 2 heterocycles. The number of benzene rings is 2. The summed E-state index contributed by atoms with van der Waals surface area (Å²) in [6.07, 6.45) is 1.45. The van der Waals surface area contributed by atoms with Gasteiger partial charge in [-0.05, 0) is 19.1 Å². The molecule has 0 amide bonds. The van der Waals surface area contributed by atoms with Gasteiger partial charge in [-0.3, -0.25) is 4.98 Å². The molecule has 4 nitrogen and oxygen atoms in total. The number of carboxylic acids is 1. The summed E-state index contributed by atoms with van der Waals surface area (Å²) in [4.78, 5) is 18.2. The molecular weight excluding hydrogens is 500 g/mol. The predicted molar refractivity (Wildman–Crippen MR) is 91.9 cm³/mol. The molecule has 123 valence electrons. The van der Waals surface area contributed by atoms with Crippen molar-refractivity contribution in [2.45, 2.75) is 6.92 Å².